The Bertz CT molecular complexity index is 1830. The van der Waals surface area contributed by atoms with Gasteiger partial charge in [0.25, 0.3) is 0 Å². The van der Waals surface area contributed by atoms with Gasteiger partial charge in [-0.1, -0.05) is 52.8 Å². The molecule has 4 nitrogen and oxygen atoms in total. The Morgan fingerprint density at radius 1 is 0.921 bits per heavy atom. The molecule has 4 aromatic heterocycles. The lowest BCUT2D eigenvalue weighted by atomic mass is 9.83. The second kappa shape index (κ2) is 8.83. The third-order valence-electron chi connectivity index (χ3n) is 7.47. The van der Waals surface area contributed by atoms with Crippen LogP contribution in [-0.2, 0) is 11.8 Å². The number of aromatic nitrogens is 2. The van der Waals surface area contributed by atoms with Crippen LogP contribution in [0.15, 0.2) is 69.8 Å². The molecule has 0 spiro atoms. The van der Waals surface area contributed by atoms with Gasteiger partial charge in [0.05, 0.1) is 22.9 Å². The Kier molecular flexibility index (Phi) is 5.68. The minimum atomic E-state index is -0.0403. The number of hydrogen-bond donors (Lipinski definition) is 0. The summed E-state index contributed by atoms with van der Waals surface area (Å²) in [5, 5.41) is 3.41. The van der Waals surface area contributed by atoms with Gasteiger partial charge in [0, 0.05) is 28.1 Å². The summed E-state index contributed by atoms with van der Waals surface area (Å²) in [7, 11) is 0. The van der Waals surface area contributed by atoms with E-state index in [1.54, 1.807) is 6.26 Å². The fourth-order valence-corrected chi connectivity index (χ4v) is 5.62. The number of rotatable bonds is 4. The molecule has 0 amide bonds. The quantitative estimate of drug-likeness (QED) is 0.241. The molecule has 0 aliphatic heterocycles. The maximum absolute atomic E-state index is 6.25. The summed E-state index contributed by atoms with van der Waals surface area (Å²) in [4.78, 5) is 9.67. The highest BCUT2D eigenvalue weighted by Gasteiger charge is 2.21. The molecule has 0 saturated heterocycles. The third kappa shape index (κ3) is 4.09. The molecule has 6 aromatic rings. The van der Waals surface area contributed by atoms with Crippen molar-refractivity contribution in [2.45, 2.75) is 60.3 Å². The lowest BCUT2D eigenvalue weighted by molar-refractivity contribution is 0.560. The van der Waals surface area contributed by atoms with Crippen LogP contribution >= 0.6 is 0 Å². The number of hydrogen-bond acceptors (Lipinski definition) is 4. The first kappa shape index (κ1) is 24.4. The molecule has 192 valence electrons. The first-order valence-corrected chi connectivity index (χ1v) is 13.4. The van der Waals surface area contributed by atoms with E-state index in [1.165, 1.54) is 21.9 Å². The minimum absolute atomic E-state index is 0.0403. The zero-order valence-electron chi connectivity index (χ0n) is 23.3. The molecule has 0 atom stereocenters. The van der Waals surface area contributed by atoms with Crippen LogP contribution in [0.2, 0.25) is 0 Å². The Morgan fingerprint density at radius 2 is 1.74 bits per heavy atom. The average Bonchev–Trinajstić information content (AvgIpc) is 3.40. The zero-order chi connectivity index (χ0) is 26.8. The van der Waals surface area contributed by atoms with Gasteiger partial charge in [-0.3, -0.25) is 4.98 Å². The van der Waals surface area contributed by atoms with Crippen molar-refractivity contribution in [3.63, 3.8) is 0 Å². The Hall–Kier alpha value is -3.92. The molecule has 0 aliphatic rings. The van der Waals surface area contributed by atoms with Gasteiger partial charge in [-0.15, -0.1) is 0 Å². The maximum atomic E-state index is 6.25. The number of nitrogens with zero attached hydrogens (tertiary/aromatic N) is 2. The van der Waals surface area contributed by atoms with E-state index in [9.17, 15) is 0 Å². The Morgan fingerprint density at radius 3 is 2.50 bits per heavy atom. The fourth-order valence-electron chi connectivity index (χ4n) is 5.62. The molecular formula is C34H34N2O2. The molecule has 4 heterocycles. The summed E-state index contributed by atoms with van der Waals surface area (Å²) in [6, 6.07) is 17.3. The molecule has 0 aliphatic carbocycles. The lowest BCUT2D eigenvalue weighted by Gasteiger charge is -2.22. The largest absolute Gasteiger partial charge is 0.461 e. The van der Waals surface area contributed by atoms with E-state index >= 15 is 0 Å². The number of benzene rings is 2. The molecule has 0 bridgehead atoms. The van der Waals surface area contributed by atoms with Crippen LogP contribution in [-0.4, -0.2) is 9.97 Å². The summed E-state index contributed by atoms with van der Waals surface area (Å²) in [5.74, 6) is 1.57. The van der Waals surface area contributed by atoms with Gasteiger partial charge in [-0.2, -0.15) is 0 Å². The van der Waals surface area contributed by atoms with E-state index in [2.05, 4.69) is 90.9 Å². The van der Waals surface area contributed by atoms with Crippen molar-refractivity contribution in [3.05, 3.63) is 83.4 Å². The summed E-state index contributed by atoms with van der Waals surface area (Å²) in [5.41, 5.74) is 10.2. The van der Waals surface area contributed by atoms with Gasteiger partial charge in [-0.05, 0) is 84.2 Å². The van der Waals surface area contributed by atoms with Crippen molar-refractivity contribution in [1.29, 1.82) is 0 Å². The highest BCUT2D eigenvalue weighted by Crippen LogP contribution is 2.39. The van der Waals surface area contributed by atoms with Crippen molar-refractivity contribution in [1.82, 2.24) is 9.97 Å². The SMILES string of the molecule is Cc1oc2cc(-c3cc(-c4cc(C(C)(C)C)c5cccnc5c4)nc4occ(C)c34)ccc2c1CC(C)C. The first-order chi connectivity index (χ1) is 18.1. The number of fused-ring (bicyclic) bond motifs is 3. The van der Waals surface area contributed by atoms with Gasteiger partial charge >= 0.3 is 0 Å². The Balaban J connectivity index is 1.58. The number of pyridine rings is 2. The van der Waals surface area contributed by atoms with E-state index in [0.29, 0.717) is 11.6 Å². The van der Waals surface area contributed by atoms with Crippen molar-refractivity contribution < 1.29 is 8.83 Å². The molecule has 0 N–H and O–H groups in total. The highest BCUT2D eigenvalue weighted by molar-refractivity contribution is 5.99. The van der Waals surface area contributed by atoms with Crippen LogP contribution in [0.4, 0.5) is 0 Å². The monoisotopic (exact) mass is 502 g/mol. The van der Waals surface area contributed by atoms with E-state index < -0.39 is 0 Å². The fraction of sp³-hybridized carbons (Fsp3) is 0.294. The zero-order valence-corrected chi connectivity index (χ0v) is 23.3. The van der Waals surface area contributed by atoms with Gasteiger partial charge in [0.2, 0.25) is 5.71 Å². The lowest BCUT2D eigenvalue weighted by Crippen LogP contribution is -2.12. The molecule has 6 rings (SSSR count). The third-order valence-corrected chi connectivity index (χ3v) is 7.47. The highest BCUT2D eigenvalue weighted by atomic mass is 16.3. The molecule has 0 unspecified atom stereocenters. The van der Waals surface area contributed by atoms with Crippen molar-refractivity contribution in [2.75, 3.05) is 0 Å². The maximum Gasteiger partial charge on any atom is 0.227 e. The first-order valence-electron chi connectivity index (χ1n) is 13.4. The van der Waals surface area contributed by atoms with Gasteiger partial charge < -0.3 is 8.83 Å². The van der Waals surface area contributed by atoms with Crippen molar-refractivity contribution in [2.24, 2.45) is 5.92 Å². The van der Waals surface area contributed by atoms with Crippen LogP contribution in [0.1, 0.15) is 57.1 Å². The molecular weight excluding hydrogens is 468 g/mol. The minimum Gasteiger partial charge on any atom is -0.461 e. The van der Waals surface area contributed by atoms with E-state index in [4.69, 9.17) is 18.8 Å². The van der Waals surface area contributed by atoms with Crippen molar-refractivity contribution >= 4 is 33.0 Å². The molecule has 0 fully saturated rings. The molecule has 4 heteroatoms. The van der Waals surface area contributed by atoms with Crippen LogP contribution in [0.3, 0.4) is 0 Å². The second-order valence-electron chi connectivity index (χ2n) is 11.9. The molecule has 0 saturated carbocycles. The van der Waals surface area contributed by atoms with Crippen LogP contribution in [0.25, 0.3) is 55.4 Å². The molecule has 0 radical (unpaired) electrons. The van der Waals surface area contributed by atoms with Crippen LogP contribution in [0.5, 0.6) is 0 Å². The predicted octanol–water partition coefficient (Wildman–Crippen LogP) is 9.57. The topological polar surface area (TPSA) is 52.1 Å². The van der Waals surface area contributed by atoms with Gasteiger partial charge in [0.1, 0.15) is 11.3 Å². The molecule has 2 aromatic carbocycles. The van der Waals surface area contributed by atoms with Gasteiger partial charge in [0.15, 0.2) is 0 Å². The Labute approximate surface area is 223 Å². The van der Waals surface area contributed by atoms with Crippen LogP contribution in [0, 0.1) is 19.8 Å². The molecule has 38 heavy (non-hydrogen) atoms. The second-order valence-corrected chi connectivity index (χ2v) is 11.9. The summed E-state index contributed by atoms with van der Waals surface area (Å²) >= 11 is 0. The smallest absolute Gasteiger partial charge is 0.227 e. The van der Waals surface area contributed by atoms with Gasteiger partial charge in [-0.25, -0.2) is 4.98 Å². The summed E-state index contributed by atoms with van der Waals surface area (Å²) in [6.07, 6.45) is 4.66. The normalized spacial score (nSPS) is 12.4. The number of furan rings is 2. The predicted molar refractivity (Wildman–Crippen MR) is 157 cm³/mol. The van der Waals surface area contributed by atoms with E-state index in [-0.39, 0.29) is 5.41 Å². The summed E-state index contributed by atoms with van der Waals surface area (Å²) < 4.78 is 12.2. The van der Waals surface area contributed by atoms with E-state index in [1.807, 2.05) is 12.3 Å². The summed E-state index contributed by atoms with van der Waals surface area (Å²) in [6.45, 7) is 15.4. The standard InChI is InChI=1S/C34H34N2O2/c1-19(2)13-26-21(4)38-31-16-22(10-11-24(26)31)27-17-29(36-33-32(27)20(3)18-37-33)23-14-28(34(5,6)7)25-9-8-12-35-30(25)15-23/h8-12,14-19H,13H2,1-7H3. The number of aryl methyl sites for hydroxylation is 2. The average molecular weight is 503 g/mol. The van der Waals surface area contributed by atoms with Crippen LogP contribution < -0.4 is 0 Å². The van der Waals surface area contributed by atoms with E-state index in [0.717, 1.165) is 56.6 Å². The van der Waals surface area contributed by atoms with Crippen molar-refractivity contribution in [3.8, 4) is 22.4 Å².